The lowest BCUT2D eigenvalue weighted by atomic mass is 10.2. The normalized spacial score (nSPS) is 29.6. The molecule has 1 fully saturated rings. The monoisotopic (exact) mass is 170 g/mol. The van der Waals surface area contributed by atoms with E-state index in [1.807, 2.05) is 0 Å². The Balaban J connectivity index is 2.14. The molecule has 1 amide bonds. The zero-order valence-corrected chi connectivity index (χ0v) is 7.84. The molecular weight excluding hydrogens is 152 g/mol. The topological polar surface area (TPSA) is 55.1 Å². The molecule has 0 radical (unpaired) electrons. The first-order chi connectivity index (χ1) is 5.65. The second kappa shape index (κ2) is 3.90. The van der Waals surface area contributed by atoms with Gasteiger partial charge in [0.1, 0.15) is 0 Å². The second-order valence-corrected chi connectivity index (χ2v) is 3.69. The molecule has 0 spiro atoms. The summed E-state index contributed by atoms with van der Waals surface area (Å²) in [6.45, 7) is 3.88. The highest BCUT2D eigenvalue weighted by Gasteiger charge is 2.37. The van der Waals surface area contributed by atoms with Gasteiger partial charge in [-0.1, -0.05) is 13.3 Å². The summed E-state index contributed by atoms with van der Waals surface area (Å²) in [5.74, 6) is 0.705. The number of nitrogens with two attached hydrogens (primary N) is 1. The van der Waals surface area contributed by atoms with Crippen molar-refractivity contribution in [1.82, 2.24) is 5.32 Å². The van der Waals surface area contributed by atoms with Crippen molar-refractivity contribution in [1.29, 1.82) is 0 Å². The molecular formula is C9H18N2O. The predicted molar refractivity (Wildman–Crippen MR) is 48.6 cm³/mol. The molecule has 0 aromatic heterocycles. The summed E-state index contributed by atoms with van der Waals surface area (Å²) in [4.78, 5) is 11.1. The number of nitrogens with one attached hydrogen (secondary N) is 1. The summed E-state index contributed by atoms with van der Waals surface area (Å²) in [6.07, 6.45) is 3.57. The molecule has 3 heteroatoms. The number of carbonyl (C=O) groups excluding carboxylic acids is 1. The number of hydrogen-bond acceptors (Lipinski definition) is 2. The molecule has 12 heavy (non-hydrogen) atoms. The maximum atomic E-state index is 11.1. The van der Waals surface area contributed by atoms with Crippen molar-refractivity contribution in [2.45, 2.75) is 45.2 Å². The lowest BCUT2D eigenvalue weighted by molar-refractivity contribution is -0.122. The average Bonchev–Trinajstić information content (AvgIpc) is 2.68. The Morgan fingerprint density at radius 1 is 1.75 bits per heavy atom. The van der Waals surface area contributed by atoms with Crippen LogP contribution in [0.5, 0.6) is 0 Å². The number of rotatable bonds is 4. The summed E-state index contributed by atoms with van der Waals surface area (Å²) in [7, 11) is 0. The van der Waals surface area contributed by atoms with E-state index < -0.39 is 0 Å². The molecule has 1 aliphatic carbocycles. The molecule has 0 saturated heterocycles. The van der Waals surface area contributed by atoms with Crippen molar-refractivity contribution in [3.05, 3.63) is 0 Å². The van der Waals surface area contributed by atoms with E-state index in [9.17, 15) is 4.79 Å². The van der Waals surface area contributed by atoms with Gasteiger partial charge in [-0.25, -0.2) is 0 Å². The Morgan fingerprint density at radius 3 is 2.92 bits per heavy atom. The number of hydrogen-bond donors (Lipinski definition) is 2. The number of amides is 1. The van der Waals surface area contributed by atoms with Gasteiger partial charge in [0.25, 0.3) is 0 Å². The van der Waals surface area contributed by atoms with Crippen molar-refractivity contribution >= 4 is 5.91 Å². The fourth-order valence-corrected chi connectivity index (χ4v) is 1.43. The molecule has 1 saturated carbocycles. The van der Waals surface area contributed by atoms with Gasteiger partial charge in [0.2, 0.25) is 5.91 Å². The molecule has 70 valence electrons. The van der Waals surface area contributed by atoms with Crippen molar-refractivity contribution in [2.75, 3.05) is 0 Å². The van der Waals surface area contributed by atoms with E-state index in [-0.39, 0.29) is 11.9 Å². The minimum atomic E-state index is -0.368. The minimum Gasteiger partial charge on any atom is -0.352 e. The largest absolute Gasteiger partial charge is 0.352 e. The molecule has 3 unspecified atom stereocenters. The van der Waals surface area contributed by atoms with Crippen LogP contribution in [0.4, 0.5) is 0 Å². The van der Waals surface area contributed by atoms with Crippen LogP contribution in [0, 0.1) is 5.92 Å². The van der Waals surface area contributed by atoms with Crippen LogP contribution < -0.4 is 11.1 Å². The fourth-order valence-electron chi connectivity index (χ4n) is 1.43. The van der Waals surface area contributed by atoms with Crippen LogP contribution in [0.3, 0.4) is 0 Å². The molecule has 3 atom stereocenters. The molecule has 0 aliphatic heterocycles. The van der Waals surface area contributed by atoms with E-state index in [0.29, 0.717) is 6.04 Å². The van der Waals surface area contributed by atoms with Gasteiger partial charge in [-0.3, -0.25) is 4.79 Å². The third-order valence-electron chi connectivity index (χ3n) is 2.32. The summed E-state index contributed by atoms with van der Waals surface area (Å²) >= 11 is 0. The molecule has 0 heterocycles. The zero-order chi connectivity index (χ0) is 9.14. The van der Waals surface area contributed by atoms with E-state index in [1.165, 1.54) is 12.8 Å². The van der Waals surface area contributed by atoms with Crippen LogP contribution in [-0.2, 0) is 4.79 Å². The summed E-state index contributed by atoms with van der Waals surface area (Å²) in [6, 6.07) is 0.0522. The maximum absolute atomic E-state index is 11.1. The highest BCUT2D eigenvalue weighted by atomic mass is 16.2. The Labute approximate surface area is 73.7 Å². The zero-order valence-electron chi connectivity index (χ0n) is 7.84. The van der Waals surface area contributed by atoms with Gasteiger partial charge < -0.3 is 11.1 Å². The summed E-state index contributed by atoms with van der Waals surface area (Å²) in [5, 5.41) is 2.92. The van der Waals surface area contributed by atoms with E-state index in [1.54, 1.807) is 6.92 Å². The Kier molecular flexibility index (Phi) is 3.09. The molecule has 1 rings (SSSR count). The average molecular weight is 170 g/mol. The first kappa shape index (κ1) is 9.52. The molecule has 3 N–H and O–H groups in total. The second-order valence-electron chi connectivity index (χ2n) is 3.69. The van der Waals surface area contributed by atoms with Gasteiger partial charge in [-0.2, -0.15) is 0 Å². The lowest BCUT2D eigenvalue weighted by Gasteiger charge is -2.06. The van der Waals surface area contributed by atoms with Crippen LogP contribution in [0.15, 0.2) is 0 Å². The van der Waals surface area contributed by atoms with E-state index in [0.717, 1.165) is 12.3 Å². The molecule has 0 bridgehead atoms. The maximum Gasteiger partial charge on any atom is 0.236 e. The van der Waals surface area contributed by atoms with Crippen molar-refractivity contribution in [2.24, 2.45) is 11.7 Å². The Bertz CT molecular complexity index is 168. The molecule has 0 aromatic rings. The van der Waals surface area contributed by atoms with E-state index >= 15 is 0 Å². The van der Waals surface area contributed by atoms with Crippen LogP contribution in [0.25, 0.3) is 0 Å². The van der Waals surface area contributed by atoms with Gasteiger partial charge in [0.05, 0.1) is 6.04 Å². The standard InChI is InChI=1S/C9H18N2O/c1-3-4-7-5-8(7)11-9(12)6(2)10/h6-8H,3-5,10H2,1-2H3,(H,11,12). The number of carbonyl (C=O) groups is 1. The Morgan fingerprint density at radius 2 is 2.42 bits per heavy atom. The van der Waals surface area contributed by atoms with Crippen molar-refractivity contribution < 1.29 is 4.79 Å². The fraction of sp³-hybridized carbons (Fsp3) is 0.889. The molecule has 1 aliphatic rings. The van der Waals surface area contributed by atoms with Gasteiger partial charge in [0, 0.05) is 6.04 Å². The summed E-state index contributed by atoms with van der Waals surface area (Å²) < 4.78 is 0. The van der Waals surface area contributed by atoms with Gasteiger partial charge in [-0.15, -0.1) is 0 Å². The van der Waals surface area contributed by atoms with E-state index in [4.69, 9.17) is 5.73 Å². The minimum absolute atomic E-state index is 0.0152. The third kappa shape index (κ3) is 2.48. The van der Waals surface area contributed by atoms with Gasteiger partial charge in [-0.05, 0) is 25.7 Å². The third-order valence-corrected chi connectivity index (χ3v) is 2.32. The summed E-state index contributed by atoms with van der Waals surface area (Å²) in [5.41, 5.74) is 5.42. The van der Waals surface area contributed by atoms with Crippen LogP contribution >= 0.6 is 0 Å². The lowest BCUT2D eigenvalue weighted by Crippen LogP contribution is -2.39. The van der Waals surface area contributed by atoms with Crippen LogP contribution in [0.1, 0.15) is 33.1 Å². The highest BCUT2D eigenvalue weighted by Crippen LogP contribution is 2.34. The predicted octanol–water partition coefficient (Wildman–Crippen LogP) is 0.638. The quantitative estimate of drug-likeness (QED) is 0.650. The highest BCUT2D eigenvalue weighted by molar-refractivity contribution is 5.81. The molecule has 3 nitrogen and oxygen atoms in total. The first-order valence-electron chi connectivity index (χ1n) is 4.71. The first-order valence-corrected chi connectivity index (χ1v) is 4.71. The molecule has 0 aromatic carbocycles. The van der Waals surface area contributed by atoms with Crippen molar-refractivity contribution in [3.63, 3.8) is 0 Å². The van der Waals surface area contributed by atoms with E-state index in [2.05, 4.69) is 12.2 Å². The Hall–Kier alpha value is -0.570. The van der Waals surface area contributed by atoms with Crippen LogP contribution in [-0.4, -0.2) is 18.0 Å². The van der Waals surface area contributed by atoms with Gasteiger partial charge >= 0.3 is 0 Å². The van der Waals surface area contributed by atoms with Crippen LogP contribution in [0.2, 0.25) is 0 Å². The SMILES string of the molecule is CCCC1CC1NC(=O)C(C)N. The smallest absolute Gasteiger partial charge is 0.236 e. The van der Waals surface area contributed by atoms with Crippen molar-refractivity contribution in [3.8, 4) is 0 Å². The van der Waals surface area contributed by atoms with Gasteiger partial charge in [0.15, 0.2) is 0 Å².